The monoisotopic (exact) mass is 480 g/mol. The fraction of sp³-hybridized carbons (Fsp3) is 0.208. The number of amides is 1. The zero-order valence-electron chi connectivity index (χ0n) is 18.5. The van der Waals surface area contributed by atoms with Gasteiger partial charge >= 0.3 is 0 Å². The van der Waals surface area contributed by atoms with Crippen LogP contribution < -0.4 is 14.8 Å². The van der Waals surface area contributed by atoms with Crippen LogP contribution in [0.3, 0.4) is 0 Å². The fourth-order valence-corrected chi connectivity index (χ4v) is 4.91. The van der Waals surface area contributed by atoms with Crippen LogP contribution in [0, 0.1) is 0 Å². The second-order valence-corrected chi connectivity index (χ2v) is 9.34. The van der Waals surface area contributed by atoms with E-state index in [1.54, 1.807) is 25.6 Å². The van der Waals surface area contributed by atoms with Crippen molar-refractivity contribution in [3.8, 4) is 27.9 Å². The molecule has 9 heteroatoms. The number of carbonyl (C=O) groups excluding carboxylic acids is 1. The van der Waals surface area contributed by atoms with Gasteiger partial charge in [-0.2, -0.15) is 0 Å². The molecule has 0 bridgehead atoms. The topological polar surface area (TPSA) is 78.3 Å². The quantitative estimate of drug-likeness (QED) is 0.347. The highest BCUT2D eigenvalue weighted by Crippen LogP contribution is 2.35. The van der Waals surface area contributed by atoms with E-state index >= 15 is 0 Å². The van der Waals surface area contributed by atoms with E-state index in [0.717, 1.165) is 21.9 Å². The van der Waals surface area contributed by atoms with E-state index in [1.807, 2.05) is 77.5 Å². The van der Waals surface area contributed by atoms with Crippen molar-refractivity contribution < 1.29 is 14.3 Å². The van der Waals surface area contributed by atoms with E-state index in [9.17, 15) is 4.79 Å². The zero-order valence-corrected chi connectivity index (χ0v) is 20.2. The number of hydrogen-bond donors (Lipinski definition) is 1. The van der Waals surface area contributed by atoms with Gasteiger partial charge in [0.2, 0.25) is 5.91 Å². The first-order chi connectivity index (χ1) is 16.1. The van der Waals surface area contributed by atoms with Gasteiger partial charge in [-0.3, -0.25) is 9.36 Å². The van der Waals surface area contributed by atoms with Gasteiger partial charge in [0, 0.05) is 12.1 Å². The van der Waals surface area contributed by atoms with Crippen molar-refractivity contribution in [1.29, 1.82) is 0 Å². The lowest BCUT2D eigenvalue weighted by molar-refractivity contribution is -0.120. The van der Waals surface area contributed by atoms with Crippen LogP contribution in [-0.2, 0) is 11.3 Å². The summed E-state index contributed by atoms with van der Waals surface area (Å²) in [6.07, 6.45) is 0. The van der Waals surface area contributed by atoms with Gasteiger partial charge in [0.1, 0.15) is 11.5 Å². The normalized spacial score (nSPS) is 11.7. The standard InChI is InChI=1S/C24H24N4O3S2/c1-16(23(29)25-15-17-9-4-6-11-19(17)30-2)33-24-27-26-22(21-13-8-14-32-21)28(24)18-10-5-7-12-20(18)31-3/h4-14,16H,15H2,1-3H3,(H,25,29). The smallest absolute Gasteiger partial charge is 0.233 e. The minimum absolute atomic E-state index is 0.0989. The largest absolute Gasteiger partial charge is 0.496 e. The fourth-order valence-electron chi connectivity index (χ4n) is 3.33. The molecule has 0 saturated heterocycles. The Morgan fingerprint density at radius 3 is 2.48 bits per heavy atom. The van der Waals surface area contributed by atoms with E-state index in [2.05, 4.69) is 15.5 Å². The number of hydrogen-bond acceptors (Lipinski definition) is 7. The average molecular weight is 481 g/mol. The molecule has 0 aliphatic carbocycles. The number of thioether (sulfide) groups is 1. The van der Waals surface area contributed by atoms with Gasteiger partial charge in [0.15, 0.2) is 11.0 Å². The number of aromatic nitrogens is 3. The average Bonchev–Trinajstić information content (AvgIpc) is 3.52. The van der Waals surface area contributed by atoms with Gasteiger partial charge in [-0.15, -0.1) is 21.5 Å². The van der Waals surface area contributed by atoms with Crippen molar-refractivity contribution in [3.63, 3.8) is 0 Å². The first-order valence-electron chi connectivity index (χ1n) is 10.3. The number of thiophene rings is 1. The summed E-state index contributed by atoms with van der Waals surface area (Å²) in [5.41, 5.74) is 1.74. The molecule has 4 rings (SSSR count). The third-order valence-corrected chi connectivity index (χ3v) is 6.91. The first kappa shape index (κ1) is 22.9. The molecule has 170 valence electrons. The maximum Gasteiger partial charge on any atom is 0.233 e. The molecule has 2 aromatic heterocycles. The molecule has 0 spiro atoms. The molecule has 0 aliphatic heterocycles. The predicted octanol–water partition coefficient (Wildman–Crippen LogP) is 4.81. The maximum atomic E-state index is 12.9. The van der Waals surface area contributed by atoms with Crippen LogP contribution in [0.4, 0.5) is 0 Å². The SMILES string of the molecule is COc1ccccc1CNC(=O)C(C)Sc1nnc(-c2cccs2)n1-c1ccccc1OC. The number of nitrogens with one attached hydrogen (secondary N) is 1. The Morgan fingerprint density at radius 2 is 1.76 bits per heavy atom. The van der Waals surface area contributed by atoms with Crippen LogP contribution >= 0.6 is 23.1 Å². The third-order valence-electron chi connectivity index (χ3n) is 5.00. The van der Waals surface area contributed by atoms with Gasteiger partial charge < -0.3 is 14.8 Å². The molecule has 2 aromatic carbocycles. The second-order valence-electron chi connectivity index (χ2n) is 7.08. The van der Waals surface area contributed by atoms with E-state index in [1.165, 1.54) is 11.8 Å². The molecule has 33 heavy (non-hydrogen) atoms. The second kappa shape index (κ2) is 10.5. The Kier molecular flexibility index (Phi) is 7.31. The van der Waals surface area contributed by atoms with E-state index in [-0.39, 0.29) is 5.91 Å². The Labute approximate surface area is 200 Å². The lowest BCUT2D eigenvalue weighted by atomic mass is 10.2. The number of carbonyl (C=O) groups is 1. The number of ether oxygens (including phenoxy) is 2. The van der Waals surface area contributed by atoms with Crippen molar-refractivity contribution >= 4 is 29.0 Å². The molecule has 1 N–H and O–H groups in total. The summed E-state index contributed by atoms with van der Waals surface area (Å²) in [6.45, 7) is 2.24. The lowest BCUT2D eigenvalue weighted by Gasteiger charge is -2.16. The molecular weight excluding hydrogens is 456 g/mol. The molecule has 1 unspecified atom stereocenters. The van der Waals surface area contributed by atoms with Crippen molar-refractivity contribution in [2.24, 2.45) is 0 Å². The summed E-state index contributed by atoms with van der Waals surface area (Å²) in [5, 5.41) is 14.1. The molecule has 0 fully saturated rings. The van der Waals surface area contributed by atoms with E-state index in [0.29, 0.717) is 23.3 Å². The Hall–Kier alpha value is -3.30. The lowest BCUT2D eigenvalue weighted by Crippen LogP contribution is -2.30. The Balaban J connectivity index is 1.58. The third kappa shape index (κ3) is 5.04. The highest BCUT2D eigenvalue weighted by Gasteiger charge is 2.23. The van der Waals surface area contributed by atoms with E-state index in [4.69, 9.17) is 9.47 Å². The summed E-state index contributed by atoms with van der Waals surface area (Å²) in [7, 11) is 3.25. The zero-order chi connectivity index (χ0) is 23.2. The van der Waals surface area contributed by atoms with Gasteiger partial charge in [0.05, 0.1) is 30.0 Å². The molecule has 0 saturated carbocycles. The Morgan fingerprint density at radius 1 is 1.03 bits per heavy atom. The van der Waals surface area contributed by atoms with Crippen molar-refractivity contribution in [2.75, 3.05) is 14.2 Å². The van der Waals surface area contributed by atoms with Crippen LogP contribution in [0.5, 0.6) is 11.5 Å². The number of nitrogens with zero attached hydrogens (tertiary/aromatic N) is 3. The number of benzene rings is 2. The summed E-state index contributed by atoms with van der Waals surface area (Å²) in [4.78, 5) is 13.9. The molecule has 2 heterocycles. The van der Waals surface area contributed by atoms with Gasteiger partial charge in [-0.25, -0.2) is 0 Å². The summed E-state index contributed by atoms with van der Waals surface area (Å²) in [5.74, 6) is 2.05. The Bertz CT molecular complexity index is 1220. The number of rotatable bonds is 9. The number of methoxy groups -OCH3 is 2. The molecule has 0 aliphatic rings. The van der Waals surface area contributed by atoms with Crippen LogP contribution in [-0.4, -0.2) is 40.1 Å². The highest BCUT2D eigenvalue weighted by molar-refractivity contribution is 8.00. The molecule has 0 radical (unpaired) electrons. The van der Waals surface area contributed by atoms with Gasteiger partial charge in [0.25, 0.3) is 0 Å². The molecule has 7 nitrogen and oxygen atoms in total. The van der Waals surface area contributed by atoms with Crippen molar-refractivity contribution in [2.45, 2.75) is 23.9 Å². The van der Waals surface area contributed by atoms with Crippen LogP contribution in [0.2, 0.25) is 0 Å². The van der Waals surface area contributed by atoms with Crippen LogP contribution in [0.15, 0.2) is 71.2 Å². The van der Waals surface area contributed by atoms with E-state index < -0.39 is 5.25 Å². The highest BCUT2D eigenvalue weighted by atomic mass is 32.2. The summed E-state index contributed by atoms with van der Waals surface area (Å²) in [6, 6.07) is 19.3. The van der Waals surface area contributed by atoms with Crippen LogP contribution in [0.1, 0.15) is 12.5 Å². The van der Waals surface area contributed by atoms with Crippen LogP contribution in [0.25, 0.3) is 16.4 Å². The summed E-state index contributed by atoms with van der Waals surface area (Å²) >= 11 is 2.93. The minimum atomic E-state index is -0.395. The van der Waals surface area contributed by atoms with Gasteiger partial charge in [-0.1, -0.05) is 48.2 Å². The van der Waals surface area contributed by atoms with Gasteiger partial charge in [-0.05, 0) is 36.6 Å². The predicted molar refractivity (Wildman–Crippen MR) is 131 cm³/mol. The van der Waals surface area contributed by atoms with Crippen molar-refractivity contribution in [3.05, 3.63) is 71.6 Å². The molecule has 1 amide bonds. The molecular formula is C24H24N4O3S2. The van der Waals surface area contributed by atoms with Crippen molar-refractivity contribution in [1.82, 2.24) is 20.1 Å². The number of para-hydroxylation sites is 3. The molecule has 4 aromatic rings. The minimum Gasteiger partial charge on any atom is -0.496 e. The maximum absolute atomic E-state index is 12.9. The molecule has 1 atom stereocenters. The summed E-state index contributed by atoms with van der Waals surface area (Å²) < 4.78 is 12.9. The first-order valence-corrected chi connectivity index (χ1v) is 12.1.